The summed E-state index contributed by atoms with van der Waals surface area (Å²) in [6, 6.07) is 0. The Morgan fingerprint density at radius 3 is 2.73 bits per heavy atom. The monoisotopic (exact) mass is 210 g/mol. The molecule has 1 aliphatic rings. The van der Waals surface area contributed by atoms with Crippen molar-refractivity contribution < 1.29 is 9.53 Å². The van der Waals surface area contributed by atoms with Crippen molar-refractivity contribution in [2.75, 3.05) is 6.61 Å². The Hall–Kier alpha value is -0.790. The van der Waals surface area contributed by atoms with Crippen molar-refractivity contribution >= 4 is 5.97 Å². The minimum absolute atomic E-state index is 0.157. The van der Waals surface area contributed by atoms with Gasteiger partial charge in [0.05, 0.1) is 6.61 Å². The highest BCUT2D eigenvalue weighted by Crippen LogP contribution is 2.28. The molecule has 1 fully saturated rings. The van der Waals surface area contributed by atoms with Crippen LogP contribution >= 0.6 is 0 Å². The summed E-state index contributed by atoms with van der Waals surface area (Å²) >= 11 is 0. The fourth-order valence-electron chi connectivity index (χ4n) is 1.45. The lowest BCUT2D eigenvalue weighted by Crippen LogP contribution is -2.04. The Morgan fingerprint density at radius 2 is 2.13 bits per heavy atom. The second-order valence-corrected chi connectivity index (χ2v) is 4.52. The highest BCUT2D eigenvalue weighted by molar-refractivity contribution is 5.82. The van der Waals surface area contributed by atoms with Gasteiger partial charge in [0.2, 0.25) is 0 Å². The Labute approximate surface area is 92.7 Å². The molecule has 1 rings (SSSR count). The fourth-order valence-corrected chi connectivity index (χ4v) is 1.45. The van der Waals surface area contributed by atoms with E-state index in [0.717, 1.165) is 12.0 Å². The van der Waals surface area contributed by atoms with E-state index in [0.29, 0.717) is 12.5 Å². The average Bonchev–Trinajstić information content (AvgIpc) is 2.98. The Kier molecular flexibility index (Phi) is 5.44. The van der Waals surface area contributed by atoms with Gasteiger partial charge in [0.25, 0.3) is 0 Å². The smallest absolute Gasteiger partial charge is 0.330 e. The van der Waals surface area contributed by atoms with Crippen molar-refractivity contribution in [2.24, 2.45) is 5.92 Å². The Bertz CT molecular complexity index is 227. The van der Waals surface area contributed by atoms with Crippen LogP contribution in [0.15, 0.2) is 11.6 Å². The molecule has 2 heteroatoms. The lowest BCUT2D eigenvalue weighted by Gasteiger charge is -2.02. The SMILES string of the molecule is CCCCC/C(C)=C/C(=O)OCC1CC1. The fraction of sp³-hybridized carbons (Fsp3) is 0.769. The van der Waals surface area contributed by atoms with E-state index in [1.54, 1.807) is 6.08 Å². The van der Waals surface area contributed by atoms with Crippen molar-refractivity contribution in [3.63, 3.8) is 0 Å². The lowest BCUT2D eigenvalue weighted by molar-refractivity contribution is -0.138. The van der Waals surface area contributed by atoms with Crippen LogP contribution in [0.2, 0.25) is 0 Å². The molecule has 0 aromatic rings. The zero-order valence-electron chi connectivity index (χ0n) is 9.92. The molecule has 0 heterocycles. The van der Waals surface area contributed by atoms with Crippen LogP contribution in [0.25, 0.3) is 0 Å². The molecule has 0 aromatic heterocycles. The number of esters is 1. The van der Waals surface area contributed by atoms with E-state index in [2.05, 4.69) is 6.92 Å². The molecule has 15 heavy (non-hydrogen) atoms. The first-order chi connectivity index (χ1) is 7.22. The third-order valence-electron chi connectivity index (χ3n) is 2.70. The van der Waals surface area contributed by atoms with E-state index in [4.69, 9.17) is 4.74 Å². The molecular formula is C13H22O2. The van der Waals surface area contributed by atoms with E-state index in [-0.39, 0.29) is 5.97 Å². The van der Waals surface area contributed by atoms with Crippen molar-refractivity contribution in [3.8, 4) is 0 Å². The molecule has 0 spiro atoms. The number of ether oxygens (including phenoxy) is 1. The number of unbranched alkanes of at least 4 members (excludes halogenated alkanes) is 2. The first-order valence-corrected chi connectivity index (χ1v) is 6.06. The molecule has 0 atom stereocenters. The van der Waals surface area contributed by atoms with Gasteiger partial charge in [0, 0.05) is 6.08 Å². The highest BCUT2D eigenvalue weighted by atomic mass is 16.5. The summed E-state index contributed by atoms with van der Waals surface area (Å²) in [4.78, 5) is 11.3. The first kappa shape index (κ1) is 12.3. The predicted octanol–water partition coefficient (Wildman–Crippen LogP) is 3.47. The molecule has 0 unspecified atom stereocenters. The van der Waals surface area contributed by atoms with Crippen LogP contribution in [0.3, 0.4) is 0 Å². The normalized spacial score (nSPS) is 16.5. The van der Waals surface area contributed by atoms with Gasteiger partial charge in [-0.05, 0) is 38.5 Å². The van der Waals surface area contributed by atoms with Crippen LogP contribution in [-0.4, -0.2) is 12.6 Å². The number of hydrogen-bond donors (Lipinski definition) is 0. The van der Waals surface area contributed by atoms with E-state index in [1.165, 1.54) is 32.1 Å². The lowest BCUT2D eigenvalue weighted by atomic mass is 10.1. The second kappa shape index (κ2) is 6.65. The largest absolute Gasteiger partial charge is 0.462 e. The third kappa shape index (κ3) is 6.32. The van der Waals surface area contributed by atoms with Crippen molar-refractivity contribution in [3.05, 3.63) is 11.6 Å². The predicted molar refractivity (Wildman–Crippen MR) is 61.6 cm³/mol. The van der Waals surface area contributed by atoms with E-state index < -0.39 is 0 Å². The van der Waals surface area contributed by atoms with Crippen LogP contribution in [0, 0.1) is 5.92 Å². The van der Waals surface area contributed by atoms with Gasteiger partial charge >= 0.3 is 5.97 Å². The van der Waals surface area contributed by atoms with Gasteiger partial charge in [-0.15, -0.1) is 0 Å². The maximum atomic E-state index is 11.3. The number of rotatable bonds is 7. The maximum Gasteiger partial charge on any atom is 0.330 e. The summed E-state index contributed by atoms with van der Waals surface area (Å²) in [5.41, 5.74) is 1.14. The quantitative estimate of drug-likeness (QED) is 0.365. The van der Waals surface area contributed by atoms with Gasteiger partial charge < -0.3 is 4.74 Å². The van der Waals surface area contributed by atoms with E-state index >= 15 is 0 Å². The molecule has 0 bridgehead atoms. The number of carbonyl (C=O) groups excluding carboxylic acids is 1. The van der Waals surface area contributed by atoms with Crippen LogP contribution in [0.1, 0.15) is 52.4 Å². The minimum Gasteiger partial charge on any atom is -0.462 e. The van der Waals surface area contributed by atoms with Gasteiger partial charge in [0.15, 0.2) is 0 Å². The molecule has 1 aliphatic carbocycles. The number of carbonyl (C=O) groups is 1. The van der Waals surface area contributed by atoms with Gasteiger partial charge in [-0.2, -0.15) is 0 Å². The zero-order chi connectivity index (χ0) is 11.1. The highest BCUT2D eigenvalue weighted by Gasteiger charge is 2.22. The zero-order valence-corrected chi connectivity index (χ0v) is 9.92. The molecule has 1 saturated carbocycles. The molecule has 0 saturated heterocycles. The van der Waals surface area contributed by atoms with Gasteiger partial charge in [-0.25, -0.2) is 4.79 Å². The van der Waals surface area contributed by atoms with Gasteiger partial charge in [-0.3, -0.25) is 0 Å². The minimum atomic E-state index is -0.157. The Balaban J connectivity index is 2.11. The summed E-state index contributed by atoms with van der Waals surface area (Å²) in [5.74, 6) is 0.499. The molecule has 2 nitrogen and oxygen atoms in total. The molecule has 0 amide bonds. The van der Waals surface area contributed by atoms with Crippen LogP contribution in [-0.2, 0) is 9.53 Å². The van der Waals surface area contributed by atoms with Crippen molar-refractivity contribution in [1.82, 2.24) is 0 Å². The Morgan fingerprint density at radius 1 is 1.40 bits per heavy atom. The summed E-state index contributed by atoms with van der Waals surface area (Å²) in [6.07, 6.45) is 8.76. The molecule has 0 aromatic carbocycles. The van der Waals surface area contributed by atoms with Crippen LogP contribution < -0.4 is 0 Å². The molecular weight excluding hydrogens is 188 g/mol. The topological polar surface area (TPSA) is 26.3 Å². The molecule has 0 aliphatic heterocycles. The standard InChI is InChI=1S/C13H22O2/c1-3-4-5-6-11(2)9-13(14)15-10-12-7-8-12/h9,12H,3-8,10H2,1-2H3/b11-9+. The van der Waals surface area contributed by atoms with Crippen LogP contribution in [0.5, 0.6) is 0 Å². The van der Waals surface area contributed by atoms with Crippen molar-refractivity contribution in [1.29, 1.82) is 0 Å². The van der Waals surface area contributed by atoms with Crippen molar-refractivity contribution in [2.45, 2.75) is 52.4 Å². The van der Waals surface area contributed by atoms with E-state index in [9.17, 15) is 4.79 Å². The number of hydrogen-bond acceptors (Lipinski definition) is 2. The summed E-state index contributed by atoms with van der Waals surface area (Å²) < 4.78 is 5.13. The summed E-state index contributed by atoms with van der Waals surface area (Å²) in [5, 5.41) is 0. The maximum absolute atomic E-state index is 11.3. The number of allylic oxidation sites excluding steroid dienone is 1. The summed E-state index contributed by atoms with van der Waals surface area (Å²) in [7, 11) is 0. The van der Waals surface area contributed by atoms with Gasteiger partial charge in [-0.1, -0.05) is 25.3 Å². The molecule has 0 N–H and O–H groups in total. The molecule has 86 valence electrons. The van der Waals surface area contributed by atoms with Crippen LogP contribution in [0.4, 0.5) is 0 Å². The van der Waals surface area contributed by atoms with Gasteiger partial charge in [0.1, 0.15) is 0 Å². The molecule has 0 radical (unpaired) electrons. The third-order valence-corrected chi connectivity index (χ3v) is 2.70. The van der Waals surface area contributed by atoms with E-state index in [1.807, 2.05) is 6.92 Å². The summed E-state index contributed by atoms with van der Waals surface area (Å²) in [6.45, 7) is 4.81. The average molecular weight is 210 g/mol. The second-order valence-electron chi connectivity index (χ2n) is 4.52. The first-order valence-electron chi connectivity index (χ1n) is 6.06.